The highest BCUT2D eigenvalue weighted by Crippen LogP contribution is 2.36. The Morgan fingerprint density at radius 3 is 1.82 bits per heavy atom. The van der Waals surface area contributed by atoms with Crippen molar-refractivity contribution in [3.63, 3.8) is 0 Å². The van der Waals surface area contributed by atoms with Crippen LogP contribution in [0.5, 0.6) is 0 Å². The van der Waals surface area contributed by atoms with Crippen LogP contribution in [0.3, 0.4) is 0 Å². The van der Waals surface area contributed by atoms with Crippen molar-refractivity contribution in [3.05, 3.63) is 106 Å². The van der Waals surface area contributed by atoms with Crippen molar-refractivity contribution in [2.24, 2.45) is 0 Å². The van der Waals surface area contributed by atoms with Crippen LogP contribution in [0.4, 0.5) is 0 Å². The van der Waals surface area contributed by atoms with Crippen LogP contribution in [0.2, 0.25) is 0 Å². The first kappa shape index (κ1) is 29.7. The SMILES string of the molecule is COC(=O)/C=C(/S/C(=C/n1cc(C(=O)OC)c(C(=O)OC)c1C(=O)c1ccccc1)c1ccccc1)C(=O)OC. The van der Waals surface area contributed by atoms with Gasteiger partial charge >= 0.3 is 23.9 Å². The van der Waals surface area contributed by atoms with Gasteiger partial charge in [0.05, 0.1) is 34.0 Å². The summed E-state index contributed by atoms with van der Waals surface area (Å²) in [6.45, 7) is 0. The molecule has 0 spiro atoms. The summed E-state index contributed by atoms with van der Waals surface area (Å²) >= 11 is 0.856. The van der Waals surface area contributed by atoms with Crippen molar-refractivity contribution in [3.8, 4) is 0 Å². The number of esters is 4. The molecule has 0 N–H and O–H groups in total. The number of hydrogen-bond donors (Lipinski definition) is 0. The van der Waals surface area contributed by atoms with Crippen molar-refractivity contribution in [2.45, 2.75) is 0 Å². The molecule has 0 bridgehead atoms. The number of carbonyl (C=O) groups excluding carboxylic acids is 5. The van der Waals surface area contributed by atoms with Gasteiger partial charge in [-0.15, -0.1) is 0 Å². The molecule has 40 heavy (non-hydrogen) atoms. The molecule has 0 unspecified atom stereocenters. The van der Waals surface area contributed by atoms with Gasteiger partial charge in [-0.25, -0.2) is 19.2 Å². The maximum absolute atomic E-state index is 13.7. The van der Waals surface area contributed by atoms with Gasteiger partial charge in [-0.2, -0.15) is 0 Å². The maximum atomic E-state index is 13.7. The Bertz CT molecular complexity index is 1490. The van der Waals surface area contributed by atoms with Crippen molar-refractivity contribution in [2.75, 3.05) is 28.4 Å². The minimum atomic E-state index is -0.929. The van der Waals surface area contributed by atoms with E-state index in [-0.39, 0.29) is 27.3 Å². The maximum Gasteiger partial charge on any atom is 0.344 e. The normalized spacial score (nSPS) is 11.4. The highest BCUT2D eigenvalue weighted by Gasteiger charge is 2.31. The molecule has 206 valence electrons. The van der Waals surface area contributed by atoms with Gasteiger partial charge in [0.15, 0.2) is 0 Å². The van der Waals surface area contributed by atoms with Crippen LogP contribution in [-0.4, -0.2) is 62.7 Å². The van der Waals surface area contributed by atoms with Crippen LogP contribution in [-0.2, 0) is 28.5 Å². The zero-order valence-electron chi connectivity index (χ0n) is 22.0. The summed E-state index contributed by atoms with van der Waals surface area (Å²) in [5, 5.41) is 0. The van der Waals surface area contributed by atoms with Crippen LogP contribution in [0.15, 0.2) is 77.8 Å². The predicted octanol–water partition coefficient (Wildman–Crippen LogP) is 4.21. The zero-order chi connectivity index (χ0) is 29.2. The quantitative estimate of drug-likeness (QED) is 0.153. The smallest absolute Gasteiger partial charge is 0.344 e. The van der Waals surface area contributed by atoms with Gasteiger partial charge in [0.1, 0.15) is 16.2 Å². The van der Waals surface area contributed by atoms with Crippen LogP contribution in [0, 0.1) is 0 Å². The predicted molar refractivity (Wildman–Crippen MR) is 147 cm³/mol. The van der Waals surface area contributed by atoms with E-state index in [2.05, 4.69) is 4.74 Å². The molecule has 0 atom stereocenters. The van der Waals surface area contributed by atoms with E-state index in [0.29, 0.717) is 10.5 Å². The number of rotatable bonds is 10. The number of benzene rings is 2. The molecule has 0 aliphatic carbocycles. The highest BCUT2D eigenvalue weighted by molar-refractivity contribution is 8.12. The Morgan fingerprint density at radius 2 is 1.30 bits per heavy atom. The fourth-order valence-corrected chi connectivity index (χ4v) is 4.54. The van der Waals surface area contributed by atoms with E-state index in [9.17, 15) is 24.0 Å². The summed E-state index contributed by atoms with van der Waals surface area (Å²) in [6.07, 6.45) is 3.68. The molecule has 3 rings (SSSR count). The lowest BCUT2D eigenvalue weighted by Crippen LogP contribution is -2.16. The standard InChI is InChI=1S/C29H25NO9S/c1-36-23(31)15-21(28(34)38-3)40-22(18-11-7-5-8-12-18)17-30-16-20(27(33)37-2)24(29(35)39-4)25(30)26(32)19-13-9-6-10-14-19/h5-17H,1-4H3/b21-15+,22-17+. The summed E-state index contributed by atoms with van der Waals surface area (Å²) in [5.74, 6) is -3.98. The molecule has 0 aliphatic rings. The molecule has 0 radical (unpaired) electrons. The first-order chi connectivity index (χ1) is 19.2. The second kappa shape index (κ2) is 13.8. The molecule has 2 aromatic carbocycles. The van der Waals surface area contributed by atoms with Gasteiger partial charge < -0.3 is 23.5 Å². The highest BCUT2D eigenvalue weighted by atomic mass is 32.2. The summed E-state index contributed by atoms with van der Waals surface area (Å²) < 4.78 is 20.6. The third kappa shape index (κ3) is 6.75. The minimum absolute atomic E-state index is 0.117. The fraction of sp³-hybridized carbons (Fsp3) is 0.138. The first-order valence-corrected chi connectivity index (χ1v) is 12.4. The Balaban J connectivity index is 2.36. The van der Waals surface area contributed by atoms with Crippen LogP contribution >= 0.6 is 11.8 Å². The average molecular weight is 564 g/mol. The van der Waals surface area contributed by atoms with E-state index in [1.807, 2.05) is 0 Å². The lowest BCUT2D eigenvalue weighted by molar-refractivity contribution is -0.137. The molecule has 11 heteroatoms. The summed E-state index contributed by atoms with van der Waals surface area (Å²) in [7, 11) is 4.59. The minimum Gasteiger partial charge on any atom is -0.466 e. The first-order valence-electron chi connectivity index (χ1n) is 11.6. The van der Waals surface area contributed by atoms with Gasteiger partial charge in [0.2, 0.25) is 5.78 Å². The molecule has 1 aromatic heterocycles. The largest absolute Gasteiger partial charge is 0.466 e. The van der Waals surface area contributed by atoms with Crippen LogP contribution in [0.1, 0.15) is 42.3 Å². The third-order valence-corrected chi connectivity index (χ3v) is 6.52. The van der Waals surface area contributed by atoms with E-state index in [4.69, 9.17) is 14.2 Å². The molecule has 10 nitrogen and oxygen atoms in total. The van der Waals surface area contributed by atoms with Gasteiger partial charge in [0, 0.05) is 28.9 Å². The van der Waals surface area contributed by atoms with Crippen molar-refractivity contribution >= 4 is 52.5 Å². The Morgan fingerprint density at radius 1 is 0.725 bits per heavy atom. The monoisotopic (exact) mass is 563 g/mol. The topological polar surface area (TPSA) is 127 Å². The number of ketones is 1. The molecule has 0 amide bonds. The summed E-state index contributed by atoms with van der Waals surface area (Å²) in [5.41, 5.74) is 0.143. The van der Waals surface area contributed by atoms with Gasteiger partial charge in [-0.1, -0.05) is 72.4 Å². The van der Waals surface area contributed by atoms with E-state index >= 15 is 0 Å². The Hall–Kier alpha value is -4.90. The van der Waals surface area contributed by atoms with Crippen LogP contribution < -0.4 is 0 Å². The molecule has 0 saturated carbocycles. The molecule has 0 fully saturated rings. The van der Waals surface area contributed by atoms with E-state index in [1.54, 1.807) is 60.7 Å². The second-order valence-corrected chi connectivity index (χ2v) is 8.92. The zero-order valence-corrected chi connectivity index (χ0v) is 22.9. The lowest BCUT2D eigenvalue weighted by atomic mass is 10.0. The van der Waals surface area contributed by atoms with Gasteiger partial charge in [0.25, 0.3) is 0 Å². The average Bonchev–Trinajstić information content (AvgIpc) is 3.38. The van der Waals surface area contributed by atoms with Crippen molar-refractivity contribution in [1.82, 2.24) is 4.57 Å². The molecular formula is C29H25NO9S. The molecular weight excluding hydrogens is 538 g/mol. The second-order valence-electron chi connectivity index (χ2n) is 7.84. The lowest BCUT2D eigenvalue weighted by Gasteiger charge is -2.12. The molecule has 1 heterocycles. The fourth-order valence-electron chi connectivity index (χ4n) is 3.56. The van der Waals surface area contributed by atoms with Gasteiger partial charge in [-0.05, 0) is 5.56 Å². The number of ether oxygens (including phenoxy) is 4. The van der Waals surface area contributed by atoms with Crippen molar-refractivity contribution < 1.29 is 42.9 Å². The molecule has 0 aliphatic heterocycles. The number of hydrogen-bond acceptors (Lipinski definition) is 10. The van der Waals surface area contributed by atoms with Crippen molar-refractivity contribution in [1.29, 1.82) is 0 Å². The van der Waals surface area contributed by atoms with E-state index in [1.165, 1.54) is 17.0 Å². The summed E-state index contributed by atoms with van der Waals surface area (Å²) in [6, 6.07) is 16.9. The number of carbonyl (C=O) groups is 5. The Kier molecular flexibility index (Phi) is 10.2. The number of methoxy groups -OCH3 is 4. The number of thioether (sulfide) groups is 1. The Labute approximate surface area is 234 Å². The number of nitrogens with zero attached hydrogens (tertiary/aromatic N) is 1. The summed E-state index contributed by atoms with van der Waals surface area (Å²) in [4.78, 5) is 64.1. The van der Waals surface area contributed by atoms with E-state index in [0.717, 1.165) is 46.3 Å². The molecule has 0 saturated heterocycles. The van der Waals surface area contributed by atoms with Gasteiger partial charge in [-0.3, -0.25) is 4.79 Å². The molecule has 3 aromatic rings. The number of aromatic nitrogens is 1. The van der Waals surface area contributed by atoms with Crippen LogP contribution in [0.25, 0.3) is 11.1 Å². The van der Waals surface area contributed by atoms with E-state index < -0.39 is 29.7 Å². The third-order valence-electron chi connectivity index (χ3n) is 5.45.